The van der Waals surface area contributed by atoms with Gasteiger partial charge in [0.25, 0.3) is 0 Å². The third-order valence-corrected chi connectivity index (χ3v) is 3.59. The standard InChI is InChI=1S/C17H28O/c1-4-6-8-16(7-5-2)17-11-9-15(10-12-17)13-14-18-3/h9-12,16H,4-8,13-14H2,1-3H3/t16-/m0/s1. The zero-order chi connectivity index (χ0) is 13.2. The summed E-state index contributed by atoms with van der Waals surface area (Å²) in [6, 6.07) is 9.17. The molecule has 1 nitrogen and oxygen atoms in total. The summed E-state index contributed by atoms with van der Waals surface area (Å²) < 4.78 is 5.12. The third kappa shape index (κ3) is 5.22. The first kappa shape index (κ1) is 15.2. The van der Waals surface area contributed by atoms with Crippen LogP contribution in [0.1, 0.15) is 63.0 Å². The highest BCUT2D eigenvalue weighted by Crippen LogP contribution is 2.27. The van der Waals surface area contributed by atoms with E-state index in [1.54, 1.807) is 7.11 Å². The van der Waals surface area contributed by atoms with Gasteiger partial charge >= 0.3 is 0 Å². The van der Waals surface area contributed by atoms with Crippen LogP contribution in [-0.2, 0) is 11.2 Å². The molecule has 0 aliphatic heterocycles. The van der Waals surface area contributed by atoms with Crippen LogP contribution >= 0.6 is 0 Å². The zero-order valence-electron chi connectivity index (χ0n) is 12.2. The summed E-state index contributed by atoms with van der Waals surface area (Å²) in [7, 11) is 1.76. The fourth-order valence-corrected chi connectivity index (χ4v) is 2.45. The van der Waals surface area contributed by atoms with Crippen LogP contribution in [-0.4, -0.2) is 13.7 Å². The molecular formula is C17H28O. The van der Waals surface area contributed by atoms with E-state index in [0.29, 0.717) is 0 Å². The molecule has 0 aliphatic carbocycles. The van der Waals surface area contributed by atoms with Gasteiger partial charge in [0.05, 0.1) is 6.61 Å². The summed E-state index contributed by atoms with van der Waals surface area (Å²) in [6.07, 6.45) is 7.59. The Morgan fingerprint density at radius 3 is 2.28 bits per heavy atom. The summed E-state index contributed by atoms with van der Waals surface area (Å²) >= 11 is 0. The molecule has 0 bridgehead atoms. The predicted molar refractivity (Wildman–Crippen MR) is 79.2 cm³/mol. The molecular weight excluding hydrogens is 220 g/mol. The van der Waals surface area contributed by atoms with Crippen molar-refractivity contribution in [2.24, 2.45) is 0 Å². The number of hydrogen-bond donors (Lipinski definition) is 0. The molecule has 0 heterocycles. The fraction of sp³-hybridized carbons (Fsp3) is 0.647. The van der Waals surface area contributed by atoms with E-state index in [-0.39, 0.29) is 0 Å². The minimum atomic E-state index is 0.756. The lowest BCUT2D eigenvalue weighted by molar-refractivity contribution is 0.202. The lowest BCUT2D eigenvalue weighted by Gasteiger charge is -2.16. The van der Waals surface area contributed by atoms with Crippen molar-refractivity contribution in [3.8, 4) is 0 Å². The summed E-state index contributed by atoms with van der Waals surface area (Å²) in [5.74, 6) is 0.756. The molecule has 18 heavy (non-hydrogen) atoms. The molecule has 0 saturated carbocycles. The highest BCUT2D eigenvalue weighted by atomic mass is 16.5. The molecule has 1 heteroatoms. The Morgan fingerprint density at radius 2 is 1.72 bits per heavy atom. The first-order chi connectivity index (χ1) is 8.81. The van der Waals surface area contributed by atoms with Gasteiger partial charge in [-0.1, -0.05) is 57.4 Å². The van der Waals surface area contributed by atoms with Crippen LogP contribution in [0.2, 0.25) is 0 Å². The van der Waals surface area contributed by atoms with Gasteiger partial charge < -0.3 is 4.74 Å². The number of rotatable bonds is 9. The molecule has 1 aromatic rings. The van der Waals surface area contributed by atoms with E-state index in [9.17, 15) is 0 Å². The summed E-state index contributed by atoms with van der Waals surface area (Å²) in [6.45, 7) is 5.37. The van der Waals surface area contributed by atoms with Crippen molar-refractivity contribution in [3.63, 3.8) is 0 Å². The van der Waals surface area contributed by atoms with Crippen LogP contribution in [0, 0.1) is 0 Å². The highest BCUT2D eigenvalue weighted by molar-refractivity contribution is 5.25. The maximum atomic E-state index is 5.12. The Bertz CT molecular complexity index is 302. The van der Waals surface area contributed by atoms with Crippen molar-refractivity contribution in [2.75, 3.05) is 13.7 Å². The van der Waals surface area contributed by atoms with Crippen LogP contribution in [0.4, 0.5) is 0 Å². The van der Waals surface area contributed by atoms with E-state index in [2.05, 4.69) is 38.1 Å². The summed E-state index contributed by atoms with van der Waals surface area (Å²) in [4.78, 5) is 0. The molecule has 1 atom stereocenters. The minimum Gasteiger partial charge on any atom is -0.384 e. The number of hydrogen-bond acceptors (Lipinski definition) is 1. The van der Waals surface area contributed by atoms with E-state index in [1.165, 1.54) is 43.2 Å². The van der Waals surface area contributed by atoms with E-state index < -0.39 is 0 Å². The lowest BCUT2D eigenvalue weighted by atomic mass is 9.89. The van der Waals surface area contributed by atoms with Crippen LogP contribution in [0.3, 0.4) is 0 Å². The Hall–Kier alpha value is -0.820. The van der Waals surface area contributed by atoms with E-state index >= 15 is 0 Å². The van der Waals surface area contributed by atoms with Gasteiger partial charge in [0.15, 0.2) is 0 Å². The number of unbranched alkanes of at least 4 members (excludes halogenated alkanes) is 1. The molecule has 0 unspecified atom stereocenters. The van der Waals surface area contributed by atoms with Crippen molar-refractivity contribution in [3.05, 3.63) is 35.4 Å². The summed E-state index contributed by atoms with van der Waals surface area (Å²) in [5, 5.41) is 0. The van der Waals surface area contributed by atoms with E-state index in [4.69, 9.17) is 4.74 Å². The minimum absolute atomic E-state index is 0.756. The van der Waals surface area contributed by atoms with Crippen molar-refractivity contribution in [2.45, 2.75) is 58.3 Å². The molecule has 0 N–H and O–H groups in total. The largest absolute Gasteiger partial charge is 0.384 e. The molecule has 102 valence electrons. The molecule has 0 fully saturated rings. The lowest BCUT2D eigenvalue weighted by Crippen LogP contribution is -2.00. The molecule has 0 radical (unpaired) electrons. The first-order valence-electron chi connectivity index (χ1n) is 7.39. The Morgan fingerprint density at radius 1 is 1.00 bits per heavy atom. The molecule has 0 aromatic heterocycles. The van der Waals surface area contributed by atoms with Crippen LogP contribution in [0.5, 0.6) is 0 Å². The maximum absolute atomic E-state index is 5.12. The first-order valence-corrected chi connectivity index (χ1v) is 7.39. The number of ether oxygens (including phenoxy) is 1. The quantitative estimate of drug-likeness (QED) is 0.601. The molecule has 1 rings (SSSR count). The molecule has 0 saturated heterocycles. The molecule has 1 aromatic carbocycles. The predicted octanol–water partition coefficient (Wildman–Crippen LogP) is 4.95. The average Bonchev–Trinajstić information content (AvgIpc) is 2.42. The highest BCUT2D eigenvalue weighted by Gasteiger charge is 2.09. The zero-order valence-corrected chi connectivity index (χ0v) is 12.2. The second-order valence-electron chi connectivity index (χ2n) is 5.11. The van der Waals surface area contributed by atoms with Gasteiger partial charge in [0.1, 0.15) is 0 Å². The molecule has 0 amide bonds. The van der Waals surface area contributed by atoms with Gasteiger partial charge in [-0.2, -0.15) is 0 Å². The smallest absolute Gasteiger partial charge is 0.0502 e. The second kappa shape index (κ2) is 9.16. The molecule has 0 aliphatic rings. The van der Waals surface area contributed by atoms with Crippen LogP contribution in [0.25, 0.3) is 0 Å². The maximum Gasteiger partial charge on any atom is 0.0502 e. The van der Waals surface area contributed by atoms with E-state index in [1.807, 2.05) is 0 Å². The van der Waals surface area contributed by atoms with Crippen molar-refractivity contribution in [1.29, 1.82) is 0 Å². The SMILES string of the molecule is CCCC[C@H](CCC)c1ccc(CCOC)cc1. The van der Waals surface area contributed by atoms with Crippen LogP contribution < -0.4 is 0 Å². The number of methoxy groups -OCH3 is 1. The van der Waals surface area contributed by atoms with Crippen molar-refractivity contribution in [1.82, 2.24) is 0 Å². The van der Waals surface area contributed by atoms with Gasteiger partial charge in [0, 0.05) is 7.11 Å². The van der Waals surface area contributed by atoms with E-state index in [0.717, 1.165) is 18.9 Å². The normalized spacial score (nSPS) is 12.6. The Kier molecular flexibility index (Phi) is 7.75. The topological polar surface area (TPSA) is 9.23 Å². The van der Waals surface area contributed by atoms with Gasteiger partial charge in [-0.3, -0.25) is 0 Å². The second-order valence-corrected chi connectivity index (χ2v) is 5.11. The van der Waals surface area contributed by atoms with Gasteiger partial charge in [-0.15, -0.1) is 0 Å². The van der Waals surface area contributed by atoms with Gasteiger partial charge in [-0.25, -0.2) is 0 Å². The van der Waals surface area contributed by atoms with Crippen molar-refractivity contribution >= 4 is 0 Å². The Balaban J connectivity index is 2.61. The number of benzene rings is 1. The van der Waals surface area contributed by atoms with Gasteiger partial charge in [0.2, 0.25) is 0 Å². The van der Waals surface area contributed by atoms with Crippen molar-refractivity contribution < 1.29 is 4.74 Å². The monoisotopic (exact) mass is 248 g/mol. The molecule has 0 spiro atoms. The van der Waals surface area contributed by atoms with Gasteiger partial charge in [-0.05, 0) is 36.3 Å². The summed E-state index contributed by atoms with van der Waals surface area (Å²) in [5.41, 5.74) is 2.90. The Labute approximate surface area is 113 Å². The average molecular weight is 248 g/mol. The fourth-order valence-electron chi connectivity index (χ4n) is 2.45. The van der Waals surface area contributed by atoms with Crippen LogP contribution in [0.15, 0.2) is 24.3 Å². The third-order valence-electron chi connectivity index (χ3n) is 3.59.